The SMILES string of the molecule is Cc1ccccc1N=C(c1ccccc1)c1cc(C(C)(C)C)cc(C(C)(C)C)c1O. The smallest absolute Gasteiger partial charge is 0.128 e. The zero-order valence-electron chi connectivity index (χ0n) is 19.2. The Labute approximate surface area is 181 Å². The van der Waals surface area contributed by atoms with Crippen LogP contribution >= 0.6 is 0 Å². The Kier molecular flexibility index (Phi) is 5.90. The van der Waals surface area contributed by atoms with Crippen molar-refractivity contribution in [1.82, 2.24) is 0 Å². The number of para-hydroxylation sites is 1. The van der Waals surface area contributed by atoms with Gasteiger partial charge in [0.2, 0.25) is 0 Å². The van der Waals surface area contributed by atoms with Crippen LogP contribution in [0.4, 0.5) is 5.69 Å². The number of nitrogens with zero attached hydrogens (tertiary/aromatic N) is 1. The first-order valence-corrected chi connectivity index (χ1v) is 10.6. The van der Waals surface area contributed by atoms with Crippen molar-refractivity contribution in [3.63, 3.8) is 0 Å². The summed E-state index contributed by atoms with van der Waals surface area (Å²) in [6.07, 6.45) is 0. The van der Waals surface area contributed by atoms with Crippen LogP contribution in [0.1, 0.15) is 69.4 Å². The summed E-state index contributed by atoms with van der Waals surface area (Å²) in [6.45, 7) is 15.1. The molecule has 3 aromatic carbocycles. The van der Waals surface area contributed by atoms with Crippen molar-refractivity contribution in [2.45, 2.75) is 59.3 Å². The fraction of sp³-hybridized carbons (Fsp3) is 0.321. The molecule has 0 aliphatic carbocycles. The largest absolute Gasteiger partial charge is 0.507 e. The molecule has 30 heavy (non-hydrogen) atoms. The number of aryl methyl sites for hydroxylation is 1. The molecule has 0 radical (unpaired) electrons. The van der Waals surface area contributed by atoms with Crippen LogP contribution in [-0.2, 0) is 10.8 Å². The molecule has 0 unspecified atom stereocenters. The molecule has 0 amide bonds. The van der Waals surface area contributed by atoms with Crippen LogP contribution in [0.3, 0.4) is 0 Å². The summed E-state index contributed by atoms with van der Waals surface area (Å²) in [7, 11) is 0. The second kappa shape index (κ2) is 8.10. The average molecular weight is 400 g/mol. The van der Waals surface area contributed by atoms with E-state index >= 15 is 0 Å². The number of hydrogen-bond acceptors (Lipinski definition) is 2. The molecule has 0 fully saturated rings. The van der Waals surface area contributed by atoms with Crippen molar-refractivity contribution in [2.24, 2.45) is 4.99 Å². The van der Waals surface area contributed by atoms with E-state index in [1.807, 2.05) is 36.4 Å². The summed E-state index contributed by atoms with van der Waals surface area (Å²) >= 11 is 0. The molecule has 2 nitrogen and oxygen atoms in total. The van der Waals surface area contributed by atoms with Crippen LogP contribution in [0, 0.1) is 6.92 Å². The molecule has 0 saturated carbocycles. The minimum absolute atomic E-state index is 0.0487. The van der Waals surface area contributed by atoms with Gasteiger partial charge >= 0.3 is 0 Å². The van der Waals surface area contributed by atoms with Crippen LogP contribution in [0.25, 0.3) is 0 Å². The molecule has 3 rings (SSSR count). The highest BCUT2D eigenvalue weighted by atomic mass is 16.3. The number of phenolic OH excluding ortho intramolecular Hbond substituents is 1. The zero-order chi connectivity index (χ0) is 22.1. The number of aromatic hydroxyl groups is 1. The lowest BCUT2D eigenvalue weighted by Crippen LogP contribution is -2.19. The Balaban J connectivity index is 2.38. The van der Waals surface area contributed by atoms with Crippen LogP contribution in [0.2, 0.25) is 0 Å². The molecular formula is C28H33NO. The first-order valence-electron chi connectivity index (χ1n) is 10.6. The van der Waals surface area contributed by atoms with E-state index in [1.54, 1.807) is 0 Å². The molecule has 0 aliphatic rings. The monoisotopic (exact) mass is 399 g/mol. The predicted octanol–water partition coefficient (Wildman–Crippen LogP) is 7.46. The van der Waals surface area contributed by atoms with E-state index in [1.165, 1.54) is 5.56 Å². The van der Waals surface area contributed by atoms with E-state index < -0.39 is 0 Å². The van der Waals surface area contributed by atoms with Gasteiger partial charge in [0, 0.05) is 16.7 Å². The highest BCUT2D eigenvalue weighted by Gasteiger charge is 2.27. The number of benzene rings is 3. The van der Waals surface area contributed by atoms with E-state index in [9.17, 15) is 5.11 Å². The minimum atomic E-state index is -0.190. The first kappa shape index (κ1) is 21.8. The normalized spacial score (nSPS) is 12.8. The van der Waals surface area contributed by atoms with Gasteiger partial charge in [-0.05, 0) is 41.0 Å². The molecule has 0 atom stereocenters. The Hall–Kier alpha value is -2.87. The van der Waals surface area contributed by atoms with Gasteiger partial charge in [-0.1, -0.05) is 96.1 Å². The summed E-state index contributed by atoms with van der Waals surface area (Å²) < 4.78 is 0. The topological polar surface area (TPSA) is 32.6 Å². The number of phenols is 1. The van der Waals surface area contributed by atoms with Crippen LogP contribution < -0.4 is 0 Å². The molecule has 0 aliphatic heterocycles. The molecule has 0 spiro atoms. The molecule has 1 N–H and O–H groups in total. The second-order valence-electron chi connectivity index (χ2n) is 10.0. The third-order valence-corrected chi connectivity index (χ3v) is 5.43. The van der Waals surface area contributed by atoms with E-state index in [-0.39, 0.29) is 10.8 Å². The molecule has 0 aromatic heterocycles. The predicted molar refractivity (Wildman–Crippen MR) is 128 cm³/mol. The molecule has 3 aromatic rings. The Morgan fingerprint density at radius 1 is 0.767 bits per heavy atom. The lowest BCUT2D eigenvalue weighted by molar-refractivity contribution is 0.443. The summed E-state index contributed by atoms with van der Waals surface area (Å²) in [5.74, 6) is 0.312. The maximum atomic E-state index is 11.4. The number of hydrogen-bond donors (Lipinski definition) is 1. The fourth-order valence-corrected chi connectivity index (χ4v) is 3.51. The third kappa shape index (κ3) is 4.64. The highest BCUT2D eigenvalue weighted by molar-refractivity contribution is 6.15. The fourth-order valence-electron chi connectivity index (χ4n) is 3.51. The van der Waals surface area contributed by atoms with Crippen molar-refractivity contribution < 1.29 is 5.11 Å². The van der Waals surface area contributed by atoms with Gasteiger partial charge in [-0.25, -0.2) is 4.99 Å². The Morgan fingerprint density at radius 3 is 1.93 bits per heavy atom. The van der Waals surface area contributed by atoms with Crippen LogP contribution in [0.5, 0.6) is 5.75 Å². The quantitative estimate of drug-likeness (QED) is 0.455. The summed E-state index contributed by atoms with van der Waals surface area (Å²) in [6, 6.07) is 22.5. The minimum Gasteiger partial charge on any atom is -0.507 e. The van der Waals surface area contributed by atoms with Gasteiger partial charge in [0.25, 0.3) is 0 Å². The molecule has 156 valence electrons. The van der Waals surface area contributed by atoms with Crippen molar-refractivity contribution in [3.05, 3.63) is 94.5 Å². The second-order valence-corrected chi connectivity index (χ2v) is 10.0. The van der Waals surface area contributed by atoms with E-state index in [2.05, 4.69) is 78.8 Å². The number of aliphatic imine (C=N–C) groups is 1. The zero-order valence-corrected chi connectivity index (χ0v) is 19.2. The van der Waals surface area contributed by atoms with E-state index in [0.29, 0.717) is 5.75 Å². The highest BCUT2D eigenvalue weighted by Crippen LogP contribution is 2.39. The van der Waals surface area contributed by atoms with Gasteiger partial charge in [-0.15, -0.1) is 0 Å². The molecule has 2 heteroatoms. The van der Waals surface area contributed by atoms with Crippen molar-refractivity contribution in [2.75, 3.05) is 0 Å². The lowest BCUT2D eigenvalue weighted by atomic mass is 9.78. The van der Waals surface area contributed by atoms with Gasteiger partial charge in [0.05, 0.1) is 11.4 Å². The summed E-state index contributed by atoms with van der Waals surface area (Å²) in [5, 5.41) is 11.4. The lowest BCUT2D eigenvalue weighted by Gasteiger charge is -2.28. The van der Waals surface area contributed by atoms with Gasteiger partial charge in [0.1, 0.15) is 5.75 Å². The molecular weight excluding hydrogens is 366 g/mol. The van der Waals surface area contributed by atoms with Crippen molar-refractivity contribution >= 4 is 11.4 Å². The molecule has 0 bridgehead atoms. The van der Waals surface area contributed by atoms with Crippen molar-refractivity contribution in [1.29, 1.82) is 0 Å². The third-order valence-electron chi connectivity index (χ3n) is 5.43. The standard InChI is InChI=1S/C28H33NO/c1-19-13-11-12-16-24(19)29-25(20-14-9-8-10-15-20)22-17-21(27(2,3)4)18-23(26(22)30)28(5,6)7/h8-18,30H,1-7H3. The maximum absolute atomic E-state index is 11.4. The Bertz CT molecular complexity index is 1060. The number of rotatable bonds is 3. The average Bonchev–Trinajstić information content (AvgIpc) is 2.67. The van der Waals surface area contributed by atoms with Crippen LogP contribution in [-0.4, -0.2) is 10.8 Å². The molecule has 0 heterocycles. The summed E-state index contributed by atoms with van der Waals surface area (Å²) in [4.78, 5) is 5.06. The van der Waals surface area contributed by atoms with Crippen LogP contribution in [0.15, 0.2) is 71.7 Å². The first-order chi connectivity index (χ1) is 14.0. The summed E-state index contributed by atoms with van der Waals surface area (Å²) in [5.41, 5.74) is 6.47. The van der Waals surface area contributed by atoms with Gasteiger partial charge in [-0.2, -0.15) is 0 Å². The van der Waals surface area contributed by atoms with E-state index in [4.69, 9.17) is 4.99 Å². The Morgan fingerprint density at radius 2 is 1.37 bits per heavy atom. The van der Waals surface area contributed by atoms with Crippen molar-refractivity contribution in [3.8, 4) is 5.75 Å². The maximum Gasteiger partial charge on any atom is 0.128 e. The van der Waals surface area contributed by atoms with E-state index in [0.717, 1.165) is 33.7 Å². The molecule has 0 saturated heterocycles. The van der Waals surface area contributed by atoms with Gasteiger partial charge in [-0.3, -0.25) is 0 Å². The van der Waals surface area contributed by atoms with Gasteiger partial charge < -0.3 is 5.11 Å². The van der Waals surface area contributed by atoms with Gasteiger partial charge in [0.15, 0.2) is 0 Å².